The molecular weight excluding hydrogens is 499 g/mol. The molecule has 1 aromatic heterocycles. The Balaban J connectivity index is 1.54. The van der Waals surface area contributed by atoms with Crippen LogP contribution in [0.2, 0.25) is 15.2 Å². The molecule has 0 saturated carbocycles. The fourth-order valence-electron chi connectivity index (χ4n) is 3.68. The standard InChI is InChI=1S/C25H21Cl3N2O2S/c1-33(31,32)15-17-4-2-16(3-5-17)10-11-29-24-14-25(28)30-23-9-6-18(12-21(23)24)20-8-7-19(26)13-22(20)27/h2-9,12-14H,10-11,15H2,1H3,(H,29,30). The molecule has 4 nitrogen and oxygen atoms in total. The number of hydrogen-bond donors (Lipinski definition) is 1. The van der Waals surface area contributed by atoms with E-state index in [9.17, 15) is 8.42 Å². The average Bonchev–Trinajstić information content (AvgIpc) is 2.74. The van der Waals surface area contributed by atoms with Crippen LogP contribution in [0.15, 0.2) is 66.7 Å². The van der Waals surface area contributed by atoms with Gasteiger partial charge >= 0.3 is 0 Å². The van der Waals surface area contributed by atoms with Crippen molar-refractivity contribution in [3.8, 4) is 11.1 Å². The summed E-state index contributed by atoms with van der Waals surface area (Å²) in [5.74, 6) is 0.0486. The van der Waals surface area contributed by atoms with Gasteiger partial charge in [0, 0.05) is 39.5 Å². The Morgan fingerprint density at radius 1 is 0.879 bits per heavy atom. The summed E-state index contributed by atoms with van der Waals surface area (Å²) in [6.45, 7) is 0.673. The Hall–Kier alpha value is -2.31. The molecule has 1 heterocycles. The van der Waals surface area contributed by atoms with E-state index in [1.807, 2.05) is 60.7 Å². The molecule has 0 bridgehead atoms. The summed E-state index contributed by atoms with van der Waals surface area (Å²) in [4.78, 5) is 4.43. The molecule has 8 heteroatoms. The molecule has 0 unspecified atom stereocenters. The van der Waals surface area contributed by atoms with E-state index < -0.39 is 9.84 Å². The van der Waals surface area contributed by atoms with Gasteiger partial charge in [-0.2, -0.15) is 0 Å². The van der Waals surface area contributed by atoms with Gasteiger partial charge < -0.3 is 5.32 Å². The second kappa shape index (κ2) is 9.90. The number of hydrogen-bond acceptors (Lipinski definition) is 4. The molecular formula is C25H21Cl3N2O2S. The fraction of sp³-hybridized carbons (Fsp3) is 0.160. The van der Waals surface area contributed by atoms with Crippen molar-refractivity contribution in [1.29, 1.82) is 0 Å². The Labute approximate surface area is 208 Å². The van der Waals surface area contributed by atoms with Gasteiger partial charge in [-0.15, -0.1) is 0 Å². The van der Waals surface area contributed by atoms with Gasteiger partial charge in [-0.3, -0.25) is 0 Å². The van der Waals surface area contributed by atoms with E-state index in [2.05, 4.69) is 10.3 Å². The summed E-state index contributed by atoms with van der Waals surface area (Å²) in [5, 5.41) is 5.97. The third-order valence-electron chi connectivity index (χ3n) is 5.20. The molecule has 0 aliphatic rings. The molecule has 4 rings (SSSR count). The van der Waals surface area contributed by atoms with Gasteiger partial charge in [0.1, 0.15) is 5.15 Å². The lowest BCUT2D eigenvalue weighted by molar-refractivity contribution is 0.601. The van der Waals surface area contributed by atoms with Crippen LogP contribution in [0.4, 0.5) is 5.69 Å². The second-order valence-electron chi connectivity index (χ2n) is 7.91. The first-order valence-corrected chi connectivity index (χ1v) is 13.4. The number of sulfone groups is 1. The van der Waals surface area contributed by atoms with Crippen LogP contribution in [0, 0.1) is 0 Å². The number of nitrogens with one attached hydrogen (secondary N) is 1. The Morgan fingerprint density at radius 3 is 2.30 bits per heavy atom. The Kier molecular flexibility index (Phi) is 7.15. The largest absolute Gasteiger partial charge is 0.384 e. The quantitative estimate of drug-likeness (QED) is 0.265. The van der Waals surface area contributed by atoms with Crippen molar-refractivity contribution in [2.45, 2.75) is 12.2 Å². The minimum absolute atomic E-state index is 0.0486. The van der Waals surface area contributed by atoms with Crippen LogP contribution < -0.4 is 5.32 Å². The topological polar surface area (TPSA) is 59.1 Å². The first-order valence-electron chi connectivity index (χ1n) is 10.2. The van der Waals surface area contributed by atoms with Gasteiger partial charge in [0.15, 0.2) is 9.84 Å². The number of aromatic nitrogens is 1. The van der Waals surface area contributed by atoms with Crippen molar-refractivity contribution in [2.24, 2.45) is 0 Å². The molecule has 1 N–H and O–H groups in total. The molecule has 4 aromatic rings. The number of benzene rings is 3. The molecule has 0 radical (unpaired) electrons. The van der Waals surface area contributed by atoms with Crippen LogP contribution in [-0.4, -0.2) is 26.2 Å². The lowest BCUT2D eigenvalue weighted by atomic mass is 10.0. The van der Waals surface area contributed by atoms with E-state index in [0.29, 0.717) is 21.7 Å². The number of pyridine rings is 1. The number of anilines is 1. The summed E-state index contributed by atoms with van der Waals surface area (Å²) in [5.41, 5.74) is 5.40. The number of fused-ring (bicyclic) bond motifs is 1. The summed E-state index contributed by atoms with van der Waals surface area (Å²) >= 11 is 18.7. The van der Waals surface area contributed by atoms with Crippen LogP contribution in [0.25, 0.3) is 22.0 Å². The van der Waals surface area contributed by atoms with Gasteiger partial charge in [-0.05, 0) is 53.4 Å². The highest BCUT2D eigenvalue weighted by atomic mass is 35.5. The zero-order valence-corrected chi connectivity index (χ0v) is 20.9. The molecule has 0 atom stereocenters. The van der Waals surface area contributed by atoms with Crippen molar-refractivity contribution < 1.29 is 8.42 Å². The summed E-state index contributed by atoms with van der Waals surface area (Å²) in [6.07, 6.45) is 2.00. The molecule has 0 saturated heterocycles. The zero-order valence-electron chi connectivity index (χ0n) is 17.8. The molecule has 0 amide bonds. The smallest absolute Gasteiger partial charge is 0.151 e. The van der Waals surface area contributed by atoms with Gasteiger partial charge in [-0.1, -0.05) is 71.2 Å². The lowest BCUT2D eigenvalue weighted by Crippen LogP contribution is -2.06. The van der Waals surface area contributed by atoms with Gasteiger partial charge in [0.25, 0.3) is 0 Å². The third kappa shape index (κ3) is 6.18. The van der Waals surface area contributed by atoms with Crippen LogP contribution in [0.1, 0.15) is 11.1 Å². The van der Waals surface area contributed by atoms with Gasteiger partial charge in [0.05, 0.1) is 11.3 Å². The SMILES string of the molecule is CS(=O)(=O)Cc1ccc(CCNc2cc(Cl)nc3ccc(-c4ccc(Cl)cc4Cl)cc23)cc1. The maximum atomic E-state index is 11.5. The predicted molar refractivity (Wildman–Crippen MR) is 139 cm³/mol. The van der Waals surface area contributed by atoms with Crippen LogP contribution in [0.5, 0.6) is 0 Å². The van der Waals surface area contributed by atoms with E-state index in [4.69, 9.17) is 34.8 Å². The minimum Gasteiger partial charge on any atom is -0.384 e. The van der Waals surface area contributed by atoms with Gasteiger partial charge in [0.2, 0.25) is 0 Å². The van der Waals surface area contributed by atoms with E-state index in [1.165, 1.54) is 6.26 Å². The minimum atomic E-state index is -3.04. The number of nitrogens with zero attached hydrogens (tertiary/aromatic N) is 1. The van der Waals surface area contributed by atoms with Gasteiger partial charge in [-0.25, -0.2) is 13.4 Å². The van der Waals surface area contributed by atoms with Crippen molar-refractivity contribution in [1.82, 2.24) is 4.98 Å². The number of rotatable bonds is 7. The summed E-state index contributed by atoms with van der Waals surface area (Å²) < 4.78 is 22.9. The van der Waals surface area contributed by atoms with Crippen LogP contribution in [-0.2, 0) is 22.0 Å². The fourth-order valence-corrected chi connectivity index (χ4v) is 5.19. The molecule has 33 heavy (non-hydrogen) atoms. The maximum Gasteiger partial charge on any atom is 0.151 e. The molecule has 0 fully saturated rings. The first-order chi connectivity index (χ1) is 15.7. The molecule has 3 aromatic carbocycles. The molecule has 0 spiro atoms. The van der Waals surface area contributed by atoms with E-state index >= 15 is 0 Å². The number of halogens is 3. The first kappa shape index (κ1) is 23.8. The molecule has 0 aliphatic heterocycles. The highest BCUT2D eigenvalue weighted by Crippen LogP contribution is 2.34. The third-order valence-corrected chi connectivity index (χ3v) is 6.80. The van der Waals surface area contributed by atoms with Crippen LogP contribution >= 0.6 is 34.8 Å². The summed E-state index contributed by atoms with van der Waals surface area (Å²) in [6, 6.07) is 20.8. The maximum absolute atomic E-state index is 11.5. The Morgan fingerprint density at radius 2 is 1.61 bits per heavy atom. The van der Waals surface area contributed by atoms with E-state index in [0.717, 1.165) is 45.3 Å². The van der Waals surface area contributed by atoms with Crippen molar-refractivity contribution in [3.05, 3.63) is 93.1 Å². The van der Waals surface area contributed by atoms with Crippen LogP contribution in [0.3, 0.4) is 0 Å². The zero-order chi connectivity index (χ0) is 23.6. The monoisotopic (exact) mass is 518 g/mol. The second-order valence-corrected chi connectivity index (χ2v) is 11.3. The lowest BCUT2D eigenvalue weighted by Gasteiger charge is -2.13. The average molecular weight is 520 g/mol. The van der Waals surface area contributed by atoms with Crippen molar-refractivity contribution >= 4 is 61.2 Å². The predicted octanol–water partition coefficient (Wildman–Crippen LogP) is 7.06. The molecule has 170 valence electrons. The highest BCUT2D eigenvalue weighted by Gasteiger charge is 2.10. The molecule has 0 aliphatic carbocycles. The van der Waals surface area contributed by atoms with E-state index in [1.54, 1.807) is 6.07 Å². The normalized spacial score (nSPS) is 11.6. The van der Waals surface area contributed by atoms with Crippen molar-refractivity contribution in [3.63, 3.8) is 0 Å². The summed E-state index contributed by atoms with van der Waals surface area (Å²) in [7, 11) is -3.04. The highest BCUT2D eigenvalue weighted by molar-refractivity contribution is 7.89. The Bertz CT molecular complexity index is 1420. The van der Waals surface area contributed by atoms with E-state index in [-0.39, 0.29) is 5.75 Å². The van der Waals surface area contributed by atoms with Crippen molar-refractivity contribution in [2.75, 3.05) is 18.1 Å².